The van der Waals surface area contributed by atoms with Crippen molar-refractivity contribution in [3.05, 3.63) is 41.9 Å². The van der Waals surface area contributed by atoms with E-state index in [-0.39, 0.29) is 29.7 Å². The van der Waals surface area contributed by atoms with Crippen molar-refractivity contribution >= 4 is 17.5 Å². The molecule has 8 heteroatoms. The molecular weight excluding hydrogens is 476 g/mol. The Balaban J connectivity index is 1.63. The fourth-order valence-electron chi connectivity index (χ4n) is 6.32. The number of nitrogens with zero attached hydrogens (tertiary/aromatic N) is 4. The summed E-state index contributed by atoms with van der Waals surface area (Å²) in [6, 6.07) is 5.31. The van der Waals surface area contributed by atoms with Gasteiger partial charge in [0.1, 0.15) is 0 Å². The standard InChI is InChI=1S/C30H44N6O2/c1-7-36(24-10-8-23(9-11-24)35(5)6)28-16-22(27-18-31-12-13-32-27)15-25(21(28)4)29(37)33-17-26-19(2)14-20(3)34-30(26)38/h12-13,15-16,18-20,23-24,26H,7-11,14,17H2,1-6H3,(H,33,37)(H,34,38). The summed E-state index contributed by atoms with van der Waals surface area (Å²) in [7, 11) is 4.33. The first-order valence-electron chi connectivity index (χ1n) is 14.1. The molecule has 2 fully saturated rings. The maximum Gasteiger partial charge on any atom is 0.251 e. The molecule has 4 rings (SSSR count). The number of anilines is 1. The molecule has 1 aromatic carbocycles. The van der Waals surface area contributed by atoms with Gasteiger partial charge >= 0.3 is 0 Å². The van der Waals surface area contributed by atoms with Crippen LogP contribution in [0.5, 0.6) is 0 Å². The van der Waals surface area contributed by atoms with Crippen LogP contribution in [-0.2, 0) is 4.79 Å². The molecule has 8 nitrogen and oxygen atoms in total. The second kappa shape index (κ2) is 12.2. The Bertz CT molecular complexity index is 1110. The zero-order valence-electron chi connectivity index (χ0n) is 23.8. The van der Waals surface area contributed by atoms with Crippen molar-refractivity contribution < 1.29 is 9.59 Å². The summed E-state index contributed by atoms with van der Waals surface area (Å²) in [6.07, 6.45) is 10.6. The third-order valence-corrected chi connectivity index (χ3v) is 8.59. The van der Waals surface area contributed by atoms with Crippen molar-refractivity contribution in [3.8, 4) is 11.3 Å². The minimum absolute atomic E-state index is 0.0211. The zero-order chi connectivity index (χ0) is 27.4. The topological polar surface area (TPSA) is 90.5 Å². The van der Waals surface area contributed by atoms with Crippen molar-refractivity contribution in [1.29, 1.82) is 0 Å². The third-order valence-electron chi connectivity index (χ3n) is 8.59. The summed E-state index contributed by atoms with van der Waals surface area (Å²) in [4.78, 5) is 39.8. The Morgan fingerprint density at radius 2 is 1.82 bits per heavy atom. The van der Waals surface area contributed by atoms with Crippen LogP contribution in [0.15, 0.2) is 30.7 Å². The highest BCUT2D eigenvalue weighted by Crippen LogP contribution is 2.35. The molecule has 1 saturated carbocycles. The van der Waals surface area contributed by atoms with Gasteiger partial charge in [-0.25, -0.2) is 0 Å². The first-order chi connectivity index (χ1) is 18.2. The lowest BCUT2D eigenvalue weighted by molar-refractivity contribution is -0.129. The number of amides is 2. The quantitative estimate of drug-likeness (QED) is 0.546. The monoisotopic (exact) mass is 520 g/mol. The van der Waals surface area contributed by atoms with E-state index >= 15 is 0 Å². The van der Waals surface area contributed by atoms with E-state index in [0.717, 1.165) is 48.3 Å². The van der Waals surface area contributed by atoms with Crippen LogP contribution in [0.1, 0.15) is 68.8 Å². The molecule has 38 heavy (non-hydrogen) atoms. The van der Waals surface area contributed by atoms with Gasteiger partial charge in [0.05, 0.1) is 17.8 Å². The lowest BCUT2D eigenvalue weighted by Crippen LogP contribution is -2.50. The smallest absolute Gasteiger partial charge is 0.251 e. The average molecular weight is 521 g/mol. The maximum absolute atomic E-state index is 13.6. The minimum Gasteiger partial charge on any atom is -0.369 e. The highest BCUT2D eigenvalue weighted by Gasteiger charge is 2.33. The molecule has 0 spiro atoms. The fraction of sp³-hybridized carbons (Fsp3) is 0.600. The molecule has 1 aliphatic carbocycles. The number of rotatable bonds is 8. The molecule has 1 aliphatic heterocycles. The van der Waals surface area contributed by atoms with Gasteiger partial charge in [0.25, 0.3) is 5.91 Å². The molecule has 0 bridgehead atoms. The summed E-state index contributed by atoms with van der Waals surface area (Å²) in [5.74, 6) is -0.139. The molecule has 3 unspecified atom stereocenters. The SMILES string of the molecule is CCN(c1cc(-c2cnccn2)cc(C(=O)NCC2C(=O)NC(C)CC2C)c1C)C1CCC(N(C)C)CC1. The molecule has 2 N–H and O–H groups in total. The van der Waals surface area contributed by atoms with E-state index in [4.69, 9.17) is 0 Å². The van der Waals surface area contributed by atoms with Crippen molar-refractivity contribution in [3.63, 3.8) is 0 Å². The number of hydrogen-bond acceptors (Lipinski definition) is 6. The summed E-state index contributed by atoms with van der Waals surface area (Å²) in [5, 5.41) is 6.11. The van der Waals surface area contributed by atoms with E-state index < -0.39 is 0 Å². The maximum atomic E-state index is 13.6. The van der Waals surface area contributed by atoms with Crippen LogP contribution in [0.2, 0.25) is 0 Å². The van der Waals surface area contributed by atoms with Crippen molar-refractivity contribution in [2.24, 2.45) is 11.8 Å². The van der Waals surface area contributed by atoms with E-state index in [1.54, 1.807) is 18.6 Å². The number of benzene rings is 1. The summed E-state index contributed by atoms with van der Waals surface area (Å²) < 4.78 is 0. The van der Waals surface area contributed by atoms with E-state index in [1.807, 2.05) is 19.9 Å². The van der Waals surface area contributed by atoms with Crippen LogP contribution in [0.3, 0.4) is 0 Å². The van der Waals surface area contributed by atoms with Crippen LogP contribution < -0.4 is 15.5 Å². The van der Waals surface area contributed by atoms with Crippen LogP contribution in [0.25, 0.3) is 11.3 Å². The largest absolute Gasteiger partial charge is 0.369 e. The lowest BCUT2D eigenvalue weighted by atomic mass is 9.84. The molecule has 2 aliphatic rings. The number of hydrogen-bond donors (Lipinski definition) is 2. The van der Waals surface area contributed by atoms with Crippen LogP contribution >= 0.6 is 0 Å². The van der Waals surface area contributed by atoms with Crippen LogP contribution in [0.4, 0.5) is 5.69 Å². The van der Waals surface area contributed by atoms with E-state index in [1.165, 1.54) is 12.8 Å². The van der Waals surface area contributed by atoms with Gasteiger partial charge in [-0.05, 0) is 90.6 Å². The number of piperidine rings is 1. The van der Waals surface area contributed by atoms with E-state index in [2.05, 4.69) is 64.4 Å². The molecule has 1 aromatic heterocycles. The number of carbonyl (C=O) groups is 2. The molecule has 206 valence electrons. The Labute approximate surface area is 227 Å². The second-order valence-electron chi connectivity index (χ2n) is 11.4. The predicted octanol–water partition coefficient (Wildman–Crippen LogP) is 4.04. The molecule has 2 heterocycles. The Morgan fingerprint density at radius 1 is 1.11 bits per heavy atom. The summed E-state index contributed by atoms with van der Waals surface area (Å²) in [5.41, 5.74) is 4.28. The first-order valence-corrected chi connectivity index (χ1v) is 14.1. The molecule has 0 radical (unpaired) electrons. The van der Waals surface area contributed by atoms with E-state index in [9.17, 15) is 9.59 Å². The van der Waals surface area contributed by atoms with Gasteiger partial charge in [0.15, 0.2) is 0 Å². The summed E-state index contributed by atoms with van der Waals surface area (Å²) in [6.45, 7) is 9.54. The molecule has 1 saturated heterocycles. The first kappa shape index (κ1) is 28.0. The van der Waals surface area contributed by atoms with Crippen molar-refractivity contribution in [2.45, 2.75) is 77.9 Å². The Kier molecular flexibility index (Phi) is 9.03. The van der Waals surface area contributed by atoms with E-state index in [0.29, 0.717) is 24.2 Å². The molecular formula is C30H44N6O2. The van der Waals surface area contributed by atoms with Gasteiger partial charge in [-0.15, -0.1) is 0 Å². The third kappa shape index (κ3) is 6.17. The van der Waals surface area contributed by atoms with Gasteiger partial charge in [-0.2, -0.15) is 0 Å². The molecule has 2 aromatic rings. The van der Waals surface area contributed by atoms with Gasteiger partial charge < -0.3 is 20.4 Å². The molecule has 2 amide bonds. The lowest BCUT2D eigenvalue weighted by Gasteiger charge is -2.40. The van der Waals surface area contributed by atoms with Gasteiger partial charge in [-0.3, -0.25) is 19.6 Å². The Morgan fingerprint density at radius 3 is 2.42 bits per heavy atom. The van der Waals surface area contributed by atoms with Gasteiger partial charge in [0.2, 0.25) is 5.91 Å². The van der Waals surface area contributed by atoms with Gasteiger partial charge in [0, 0.05) is 60.4 Å². The van der Waals surface area contributed by atoms with Crippen molar-refractivity contribution in [1.82, 2.24) is 25.5 Å². The second-order valence-corrected chi connectivity index (χ2v) is 11.4. The number of nitrogens with one attached hydrogen (secondary N) is 2. The fourth-order valence-corrected chi connectivity index (χ4v) is 6.32. The van der Waals surface area contributed by atoms with Crippen molar-refractivity contribution in [2.75, 3.05) is 32.1 Å². The molecule has 3 atom stereocenters. The normalized spacial score (nSPS) is 25.7. The highest BCUT2D eigenvalue weighted by atomic mass is 16.2. The highest BCUT2D eigenvalue weighted by molar-refractivity contribution is 5.99. The summed E-state index contributed by atoms with van der Waals surface area (Å²) >= 11 is 0. The number of carbonyl (C=O) groups excluding carboxylic acids is 2. The predicted molar refractivity (Wildman–Crippen MR) is 152 cm³/mol. The zero-order valence-corrected chi connectivity index (χ0v) is 23.8. The average Bonchev–Trinajstić information content (AvgIpc) is 2.90. The van der Waals surface area contributed by atoms with Crippen LogP contribution in [0, 0.1) is 18.8 Å². The van der Waals surface area contributed by atoms with Crippen LogP contribution in [-0.4, -0.2) is 72.0 Å². The number of aromatic nitrogens is 2. The Hall–Kier alpha value is -3.00. The van der Waals surface area contributed by atoms with Gasteiger partial charge in [-0.1, -0.05) is 6.92 Å². The minimum atomic E-state index is -0.225.